The fraction of sp³-hybridized carbons (Fsp3) is 0.389. The number of piperazine rings is 1. The summed E-state index contributed by atoms with van der Waals surface area (Å²) >= 11 is 1.39. The first-order chi connectivity index (χ1) is 13.7. The fourth-order valence-electron chi connectivity index (χ4n) is 2.99. The van der Waals surface area contributed by atoms with Crippen LogP contribution in [0, 0.1) is 0 Å². The molecule has 0 aliphatic carbocycles. The predicted molar refractivity (Wildman–Crippen MR) is 103 cm³/mol. The molecule has 1 aromatic carbocycles. The van der Waals surface area contributed by atoms with Crippen LogP contribution in [0.15, 0.2) is 46.7 Å². The SMILES string of the molecule is O=C(c1cccs1)N1CCN(CCNS(=O)(=O)c2cccc(C(F)(F)F)c2)CC1. The Kier molecular flexibility index (Phi) is 6.62. The highest BCUT2D eigenvalue weighted by Crippen LogP contribution is 2.30. The molecule has 1 amide bonds. The van der Waals surface area contributed by atoms with Gasteiger partial charge in [-0.05, 0) is 29.6 Å². The Morgan fingerprint density at radius 2 is 1.83 bits per heavy atom. The summed E-state index contributed by atoms with van der Waals surface area (Å²) < 4.78 is 65.2. The van der Waals surface area contributed by atoms with Crippen LogP contribution in [0.2, 0.25) is 0 Å². The number of nitrogens with one attached hydrogen (secondary N) is 1. The Bertz CT molecular complexity index is 939. The Hall–Kier alpha value is -1.95. The molecule has 0 saturated carbocycles. The summed E-state index contributed by atoms with van der Waals surface area (Å²) in [7, 11) is -4.04. The van der Waals surface area contributed by atoms with Gasteiger partial charge in [0.25, 0.3) is 5.91 Å². The molecule has 1 aliphatic rings. The molecule has 1 saturated heterocycles. The minimum atomic E-state index is -4.61. The molecule has 0 unspecified atom stereocenters. The van der Waals surface area contributed by atoms with Gasteiger partial charge in [0.2, 0.25) is 10.0 Å². The minimum Gasteiger partial charge on any atom is -0.335 e. The summed E-state index contributed by atoms with van der Waals surface area (Å²) in [5.74, 6) is -0.00935. The normalized spacial score (nSPS) is 16.2. The maximum atomic E-state index is 12.8. The number of alkyl halides is 3. The van der Waals surface area contributed by atoms with Crippen molar-refractivity contribution in [1.82, 2.24) is 14.5 Å². The van der Waals surface area contributed by atoms with Crippen molar-refractivity contribution in [1.29, 1.82) is 0 Å². The number of amides is 1. The molecular formula is C18H20F3N3O3S2. The molecular weight excluding hydrogens is 427 g/mol. The third kappa shape index (κ3) is 5.56. The van der Waals surface area contributed by atoms with Gasteiger partial charge in [0, 0.05) is 39.3 Å². The maximum absolute atomic E-state index is 12.8. The van der Waals surface area contributed by atoms with E-state index in [4.69, 9.17) is 0 Å². The van der Waals surface area contributed by atoms with Crippen LogP contribution in [-0.2, 0) is 16.2 Å². The molecule has 2 heterocycles. The van der Waals surface area contributed by atoms with Crippen molar-refractivity contribution in [3.8, 4) is 0 Å². The van der Waals surface area contributed by atoms with Crippen molar-refractivity contribution in [2.75, 3.05) is 39.3 Å². The number of hydrogen-bond acceptors (Lipinski definition) is 5. The van der Waals surface area contributed by atoms with E-state index in [0.29, 0.717) is 43.7 Å². The highest BCUT2D eigenvalue weighted by molar-refractivity contribution is 7.89. The summed E-state index contributed by atoms with van der Waals surface area (Å²) in [6.07, 6.45) is -4.61. The van der Waals surface area contributed by atoms with Crippen LogP contribution in [0.5, 0.6) is 0 Å². The Morgan fingerprint density at radius 3 is 2.45 bits per heavy atom. The van der Waals surface area contributed by atoms with Crippen molar-refractivity contribution in [3.05, 3.63) is 52.2 Å². The second kappa shape index (κ2) is 8.82. The van der Waals surface area contributed by atoms with Crippen LogP contribution >= 0.6 is 11.3 Å². The Labute approximate surface area is 171 Å². The zero-order valence-corrected chi connectivity index (χ0v) is 17.0. The highest BCUT2D eigenvalue weighted by Gasteiger charge is 2.31. The van der Waals surface area contributed by atoms with Gasteiger partial charge in [0.15, 0.2) is 0 Å². The molecule has 0 atom stereocenters. The number of benzene rings is 1. The van der Waals surface area contributed by atoms with Gasteiger partial charge in [-0.25, -0.2) is 13.1 Å². The van der Waals surface area contributed by atoms with Gasteiger partial charge >= 0.3 is 6.18 Å². The summed E-state index contributed by atoms with van der Waals surface area (Å²) in [4.78, 5) is 16.3. The number of hydrogen-bond donors (Lipinski definition) is 1. The average molecular weight is 448 g/mol. The zero-order chi connectivity index (χ0) is 21.1. The lowest BCUT2D eigenvalue weighted by Crippen LogP contribution is -2.50. The zero-order valence-electron chi connectivity index (χ0n) is 15.4. The largest absolute Gasteiger partial charge is 0.416 e. The molecule has 2 aromatic rings. The molecule has 158 valence electrons. The van der Waals surface area contributed by atoms with Gasteiger partial charge in [0.1, 0.15) is 0 Å². The quantitative estimate of drug-likeness (QED) is 0.739. The monoisotopic (exact) mass is 447 g/mol. The van der Waals surface area contributed by atoms with Crippen LogP contribution in [-0.4, -0.2) is 63.4 Å². The van der Waals surface area contributed by atoms with Crippen LogP contribution in [0.4, 0.5) is 13.2 Å². The molecule has 3 rings (SSSR count). The molecule has 1 aliphatic heterocycles. The van der Waals surface area contributed by atoms with E-state index in [1.54, 1.807) is 11.0 Å². The van der Waals surface area contributed by atoms with Crippen LogP contribution < -0.4 is 4.72 Å². The first-order valence-corrected chi connectivity index (χ1v) is 11.3. The van der Waals surface area contributed by atoms with E-state index in [2.05, 4.69) is 4.72 Å². The third-order valence-corrected chi connectivity index (χ3v) is 6.90. The van der Waals surface area contributed by atoms with Crippen molar-refractivity contribution in [2.45, 2.75) is 11.1 Å². The van der Waals surface area contributed by atoms with Crippen molar-refractivity contribution >= 4 is 27.3 Å². The first-order valence-electron chi connectivity index (χ1n) is 8.89. The molecule has 0 spiro atoms. The van der Waals surface area contributed by atoms with Crippen LogP contribution in [0.25, 0.3) is 0 Å². The number of thiophene rings is 1. The second-order valence-electron chi connectivity index (χ2n) is 6.53. The molecule has 29 heavy (non-hydrogen) atoms. The molecule has 11 heteroatoms. The maximum Gasteiger partial charge on any atom is 0.416 e. The second-order valence-corrected chi connectivity index (χ2v) is 9.25. The summed E-state index contributed by atoms with van der Waals surface area (Å²) in [5.41, 5.74) is -1.01. The topological polar surface area (TPSA) is 69.7 Å². The van der Waals surface area contributed by atoms with Gasteiger partial charge in [-0.1, -0.05) is 12.1 Å². The molecule has 1 N–H and O–H groups in total. The van der Waals surface area contributed by atoms with E-state index in [0.717, 1.165) is 18.2 Å². The number of nitrogens with zero attached hydrogens (tertiary/aromatic N) is 2. The lowest BCUT2D eigenvalue weighted by molar-refractivity contribution is -0.137. The van der Waals surface area contributed by atoms with Gasteiger partial charge in [-0.15, -0.1) is 11.3 Å². The molecule has 1 fully saturated rings. The van der Waals surface area contributed by atoms with Crippen LogP contribution in [0.3, 0.4) is 0 Å². The van der Waals surface area contributed by atoms with Gasteiger partial charge < -0.3 is 4.90 Å². The number of sulfonamides is 1. The fourth-order valence-corrected chi connectivity index (χ4v) is 4.75. The number of halogens is 3. The van der Waals surface area contributed by atoms with Crippen molar-refractivity contribution < 1.29 is 26.4 Å². The van der Waals surface area contributed by atoms with Crippen LogP contribution in [0.1, 0.15) is 15.2 Å². The minimum absolute atomic E-state index is 0.00935. The van der Waals surface area contributed by atoms with Crippen molar-refractivity contribution in [2.24, 2.45) is 0 Å². The number of carbonyl (C=O) groups excluding carboxylic acids is 1. The average Bonchev–Trinajstić information content (AvgIpc) is 3.22. The Morgan fingerprint density at radius 1 is 1.10 bits per heavy atom. The van der Waals surface area contributed by atoms with Gasteiger partial charge in [-0.2, -0.15) is 13.2 Å². The first kappa shape index (κ1) is 21.8. The molecule has 0 radical (unpaired) electrons. The standard InChI is InChI=1S/C18H20F3N3O3S2/c19-18(20,21)14-3-1-4-15(13-14)29(26,27)22-6-7-23-8-10-24(11-9-23)17(25)16-5-2-12-28-16/h1-5,12-13,22H,6-11H2. The van der Waals surface area contributed by atoms with E-state index in [-0.39, 0.29) is 12.5 Å². The van der Waals surface area contributed by atoms with E-state index < -0.39 is 26.7 Å². The molecule has 0 bridgehead atoms. The molecule has 1 aromatic heterocycles. The van der Waals surface area contributed by atoms with E-state index >= 15 is 0 Å². The summed E-state index contributed by atoms with van der Waals surface area (Å²) in [6, 6.07) is 7.26. The van der Waals surface area contributed by atoms with E-state index in [1.165, 1.54) is 11.3 Å². The highest BCUT2D eigenvalue weighted by atomic mass is 32.2. The smallest absolute Gasteiger partial charge is 0.335 e. The summed E-state index contributed by atoms with van der Waals surface area (Å²) in [5, 5.41) is 1.85. The lowest BCUT2D eigenvalue weighted by Gasteiger charge is -2.34. The number of rotatable bonds is 6. The van der Waals surface area contributed by atoms with E-state index in [1.807, 2.05) is 16.3 Å². The predicted octanol–water partition coefficient (Wildman–Crippen LogP) is 2.50. The number of carbonyl (C=O) groups is 1. The van der Waals surface area contributed by atoms with Gasteiger partial charge in [0.05, 0.1) is 15.3 Å². The van der Waals surface area contributed by atoms with Gasteiger partial charge in [-0.3, -0.25) is 9.69 Å². The lowest BCUT2D eigenvalue weighted by atomic mass is 10.2. The third-order valence-electron chi connectivity index (χ3n) is 4.58. The molecule has 6 nitrogen and oxygen atoms in total. The Balaban J connectivity index is 1.48. The van der Waals surface area contributed by atoms with E-state index in [9.17, 15) is 26.4 Å². The van der Waals surface area contributed by atoms with Crippen molar-refractivity contribution in [3.63, 3.8) is 0 Å². The summed E-state index contributed by atoms with van der Waals surface area (Å²) in [6.45, 7) is 2.75.